The van der Waals surface area contributed by atoms with Crippen molar-refractivity contribution in [1.29, 1.82) is 0 Å². The molecule has 7 nitrogen and oxygen atoms in total. The molecule has 0 atom stereocenters. The van der Waals surface area contributed by atoms with Gasteiger partial charge in [-0.2, -0.15) is 4.31 Å². The van der Waals surface area contributed by atoms with Crippen LogP contribution in [-0.2, 0) is 14.8 Å². The van der Waals surface area contributed by atoms with Crippen LogP contribution in [-0.4, -0.2) is 38.8 Å². The van der Waals surface area contributed by atoms with Crippen LogP contribution in [0.25, 0.3) is 0 Å². The molecule has 1 aromatic rings. The zero-order chi connectivity index (χ0) is 16.3. The minimum Gasteiger partial charge on any atom is -0.495 e. The summed E-state index contributed by atoms with van der Waals surface area (Å²) in [5.41, 5.74) is 2.10. The van der Waals surface area contributed by atoms with Gasteiger partial charge in [0.05, 0.1) is 7.11 Å². The van der Waals surface area contributed by atoms with Gasteiger partial charge < -0.3 is 4.74 Å². The fourth-order valence-electron chi connectivity index (χ4n) is 2.47. The molecule has 22 heavy (non-hydrogen) atoms. The fourth-order valence-corrected chi connectivity index (χ4v) is 4.36. The summed E-state index contributed by atoms with van der Waals surface area (Å²) in [6, 6.07) is 4.45. The van der Waals surface area contributed by atoms with Crippen LogP contribution in [0.4, 0.5) is 0 Å². The number of nitrogens with two attached hydrogens (primary N) is 1. The first kappa shape index (κ1) is 17.0. The van der Waals surface area contributed by atoms with E-state index in [0.29, 0.717) is 17.9 Å². The van der Waals surface area contributed by atoms with E-state index in [2.05, 4.69) is 5.43 Å². The third kappa shape index (κ3) is 3.35. The first-order valence-corrected chi connectivity index (χ1v) is 8.56. The van der Waals surface area contributed by atoms with Crippen molar-refractivity contribution >= 4 is 27.5 Å². The van der Waals surface area contributed by atoms with Crippen LogP contribution >= 0.6 is 11.6 Å². The van der Waals surface area contributed by atoms with Gasteiger partial charge in [0, 0.05) is 24.0 Å². The smallest absolute Gasteiger partial charge is 0.246 e. The third-order valence-electron chi connectivity index (χ3n) is 3.71. The number of nitrogens with one attached hydrogen (secondary N) is 1. The molecule has 0 aromatic heterocycles. The third-order valence-corrected chi connectivity index (χ3v) is 5.87. The number of carbonyl (C=O) groups excluding carboxylic acids is 1. The van der Waals surface area contributed by atoms with Gasteiger partial charge in [-0.15, -0.1) is 0 Å². The number of piperidine rings is 1. The predicted octanol–water partition coefficient (Wildman–Crippen LogP) is 0.739. The maximum Gasteiger partial charge on any atom is 0.246 e. The van der Waals surface area contributed by atoms with Crippen molar-refractivity contribution in [2.45, 2.75) is 17.7 Å². The monoisotopic (exact) mass is 347 g/mol. The molecule has 122 valence electrons. The molecule has 0 aliphatic carbocycles. The summed E-state index contributed by atoms with van der Waals surface area (Å²) < 4.78 is 31.9. The quantitative estimate of drug-likeness (QED) is 0.475. The Morgan fingerprint density at radius 3 is 2.59 bits per heavy atom. The molecular formula is C13H18ClN3O4S. The average Bonchev–Trinajstić information content (AvgIpc) is 2.54. The van der Waals surface area contributed by atoms with E-state index in [0.717, 1.165) is 0 Å². The van der Waals surface area contributed by atoms with E-state index in [1.54, 1.807) is 6.07 Å². The number of methoxy groups -OCH3 is 1. The Bertz CT molecular complexity index is 657. The highest BCUT2D eigenvalue weighted by Crippen LogP contribution is 2.31. The van der Waals surface area contributed by atoms with Crippen LogP contribution in [0, 0.1) is 5.92 Å². The van der Waals surface area contributed by atoms with Crippen molar-refractivity contribution in [1.82, 2.24) is 9.73 Å². The van der Waals surface area contributed by atoms with Crippen LogP contribution in [0.15, 0.2) is 23.1 Å². The highest BCUT2D eigenvalue weighted by molar-refractivity contribution is 7.89. The summed E-state index contributed by atoms with van der Waals surface area (Å²) in [7, 11) is -2.32. The molecule has 0 bridgehead atoms. The molecule has 0 saturated carbocycles. The van der Waals surface area contributed by atoms with Gasteiger partial charge in [0.25, 0.3) is 0 Å². The second-order valence-corrected chi connectivity index (χ2v) is 7.32. The molecule has 0 radical (unpaired) electrons. The Hall–Kier alpha value is -1.35. The van der Waals surface area contributed by atoms with Crippen molar-refractivity contribution in [3.8, 4) is 5.75 Å². The summed E-state index contributed by atoms with van der Waals surface area (Å²) in [5, 5.41) is 0.316. The van der Waals surface area contributed by atoms with Gasteiger partial charge >= 0.3 is 0 Å². The topological polar surface area (TPSA) is 102 Å². The number of nitrogens with zero attached hydrogens (tertiary/aromatic N) is 1. The number of halogens is 1. The van der Waals surface area contributed by atoms with Crippen molar-refractivity contribution in [2.24, 2.45) is 11.8 Å². The van der Waals surface area contributed by atoms with Crippen LogP contribution in [0.5, 0.6) is 5.75 Å². The summed E-state index contributed by atoms with van der Waals surface area (Å²) in [6.45, 7) is 0.492. The Kier molecular flexibility index (Phi) is 5.28. The Balaban J connectivity index is 2.22. The molecule has 1 fully saturated rings. The van der Waals surface area contributed by atoms with E-state index in [-0.39, 0.29) is 35.6 Å². The molecule has 0 unspecified atom stereocenters. The number of hydrazine groups is 1. The molecule has 3 N–H and O–H groups in total. The van der Waals surface area contributed by atoms with Crippen molar-refractivity contribution in [2.75, 3.05) is 20.2 Å². The summed E-state index contributed by atoms with van der Waals surface area (Å²) in [5.74, 6) is 4.82. The van der Waals surface area contributed by atoms with E-state index in [1.165, 1.54) is 23.5 Å². The number of hydrogen-bond acceptors (Lipinski definition) is 5. The largest absolute Gasteiger partial charge is 0.495 e. The highest BCUT2D eigenvalue weighted by atomic mass is 35.5. The first-order valence-electron chi connectivity index (χ1n) is 6.74. The second-order valence-electron chi connectivity index (χ2n) is 4.98. The van der Waals surface area contributed by atoms with Gasteiger partial charge in [0.1, 0.15) is 10.6 Å². The maximum atomic E-state index is 12.7. The van der Waals surface area contributed by atoms with E-state index < -0.39 is 10.0 Å². The number of benzene rings is 1. The van der Waals surface area contributed by atoms with E-state index >= 15 is 0 Å². The van der Waals surface area contributed by atoms with Gasteiger partial charge in [0.15, 0.2) is 0 Å². The Morgan fingerprint density at radius 1 is 1.41 bits per heavy atom. The van der Waals surface area contributed by atoms with Crippen LogP contribution < -0.4 is 16.0 Å². The number of carbonyl (C=O) groups is 1. The summed E-state index contributed by atoms with van der Waals surface area (Å²) in [4.78, 5) is 11.5. The zero-order valence-corrected chi connectivity index (χ0v) is 13.7. The van der Waals surface area contributed by atoms with Crippen molar-refractivity contribution < 1.29 is 17.9 Å². The highest BCUT2D eigenvalue weighted by Gasteiger charge is 2.33. The summed E-state index contributed by atoms with van der Waals surface area (Å²) in [6.07, 6.45) is 0.844. The molecule has 9 heteroatoms. The lowest BCUT2D eigenvalue weighted by Gasteiger charge is -2.30. The molecule has 1 heterocycles. The van der Waals surface area contributed by atoms with Crippen molar-refractivity contribution in [3.05, 3.63) is 23.2 Å². The van der Waals surface area contributed by atoms with E-state index in [4.69, 9.17) is 22.2 Å². The van der Waals surface area contributed by atoms with Crippen molar-refractivity contribution in [3.63, 3.8) is 0 Å². The predicted molar refractivity (Wildman–Crippen MR) is 81.8 cm³/mol. The van der Waals surface area contributed by atoms with E-state index in [9.17, 15) is 13.2 Å². The average molecular weight is 348 g/mol. The molecule has 0 spiro atoms. The van der Waals surface area contributed by atoms with Gasteiger partial charge in [-0.25, -0.2) is 14.3 Å². The molecule has 1 aliphatic rings. The number of amides is 1. The molecule has 1 amide bonds. The van der Waals surface area contributed by atoms with E-state index in [1.807, 2.05) is 0 Å². The molecule has 1 saturated heterocycles. The minimum atomic E-state index is -3.72. The fraction of sp³-hybridized carbons (Fsp3) is 0.462. The normalized spacial score (nSPS) is 17.2. The molecule has 1 aromatic carbocycles. The standard InChI is InChI=1S/C13H18ClN3O4S/c1-21-11-3-2-10(14)8-12(11)22(19,20)17-6-4-9(5-7-17)13(18)16-15/h2-3,8-9H,4-7,15H2,1H3,(H,16,18). The number of hydrogen-bond donors (Lipinski definition) is 2. The number of sulfonamides is 1. The number of rotatable bonds is 4. The molecule has 2 rings (SSSR count). The maximum absolute atomic E-state index is 12.7. The van der Waals surface area contributed by atoms with Gasteiger partial charge in [-0.05, 0) is 31.0 Å². The Morgan fingerprint density at radius 2 is 2.05 bits per heavy atom. The van der Waals surface area contributed by atoms with Gasteiger partial charge in [-0.1, -0.05) is 11.6 Å². The van der Waals surface area contributed by atoms with Gasteiger partial charge in [-0.3, -0.25) is 10.2 Å². The lowest BCUT2D eigenvalue weighted by atomic mass is 9.98. The lowest BCUT2D eigenvalue weighted by molar-refractivity contribution is -0.126. The van der Waals surface area contributed by atoms with Crippen LogP contribution in [0.3, 0.4) is 0 Å². The first-order chi connectivity index (χ1) is 10.4. The minimum absolute atomic E-state index is 0.0317. The van der Waals surface area contributed by atoms with Crippen LogP contribution in [0.2, 0.25) is 5.02 Å². The van der Waals surface area contributed by atoms with Crippen LogP contribution in [0.1, 0.15) is 12.8 Å². The molecular weight excluding hydrogens is 330 g/mol. The summed E-state index contributed by atoms with van der Waals surface area (Å²) >= 11 is 5.90. The second kappa shape index (κ2) is 6.82. The lowest BCUT2D eigenvalue weighted by Crippen LogP contribution is -2.44. The molecule has 1 aliphatic heterocycles. The SMILES string of the molecule is COc1ccc(Cl)cc1S(=O)(=O)N1CCC(C(=O)NN)CC1. The Labute approximate surface area is 134 Å². The zero-order valence-electron chi connectivity index (χ0n) is 12.1. The number of ether oxygens (including phenoxy) is 1. The van der Waals surface area contributed by atoms with Gasteiger partial charge in [0.2, 0.25) is 15.9 Å².